The molecule has 31 heavy (non-hydrogen) atoms. The molecule has 0 atom stereocenters. The summed E-state index contributed by atoms with van der Waals surface area (Å²) in [6.07, 6.45) is 1.67. The predicted molar refractivity (Wildman–Crippen MR) is 119 cm³/mol. The number of pyridine rings is 1. The molecule has 4 aromatic heterocycles. The van der Waals surface area contributed by atoms with Gasteiger partial charge in [-0.15, -0.1) is 11.3 Å². The van der Waals surface area contributed by atoms with Crippen molar-refractivity contribution in [2.75, 3.05) is 7.11 Å². The molecule has 5 aromatic rings. The van der Waals surface area contributed by atoms with Crippen molar-refractivity contribution in [3.05, 3.63) is 76.4 Å². The lowest BCUT2D eigenvalue weighted by atomic mass is 10.3. The fourth-order valence-electron chi connectivity index (χ4n) is 2.99. The summed E-state index contributed by atoms with van der Waals surface area (Å²) in [6, 6.07) is 14.6. The topological polar surface area (TPSA) is 95.9 Å². The quantitative estimate of drug-likeness (QED) is 0.281. The normalized spacial score (nSPS) is 11.1. The van der Waals surface area contributed by atoms with Crippen molar-refractivity contribution in [1.29, 1.82) is 0 Å². The van der Waals surface area contributed by atoms with Crippen LogP contribution in [0.15, 0.2) is 74.6 Å². The third-order valence-electron chi connectivity index (χ3n) is 4.47. The van der Waals surface area contributed by atoms with E-state index in [-0.39, 0.29) is 5.56 Å². The van der Waals surface area contributed by atoms with Crippen molar-refractivity contribution in [2.24, 2.45) is 0 Å². The summed E-state index contributed by atoms with van der Waals surface area (Å²) in [5.41, 5.74) is 1.89. The summed E-state index contributed by atoms with van der Waals surface area (Å²) in [7, 11) is 1.60. The van der Waals surface area contributed by atoms with Gasteiger partial charge in [-0.2, -0.15) is 4.98 Å². The summed E-state index contributed by atoms with van der Waals surface area (Å²) in [4.78, 5) is 26.5. The summed E-state index contributed by atoms with van der Waals surface area (Å²) in [5.74, 6) is 1.92. The molecule has 0 N–H and O–H groups in total. The Bertz CT molecular complexity index is 1390. The summed E-state index contributed by atoms with van der Waals surface area (Å²) < 4.78 is 12.8. The molecule has 0 radical (unpaired) electrons. The number of thioether (sulfide) groups is 1. The molecule has 0 aliphatic rings. The molecule has 0 spiro atoms. The number of benzene rings is 1. The molecule has 0 amide bonds. The molecule has 154 valence electrons. The van der Waals surface area contributed by atoms with Crippen LogP contribution in [0.2, 0.25) is 0 Å². The van der Waals surface area contributed by atoms with Crippen LogP contribution in [0.1, 0.15) is 5.89 Å². The van der Waals surface area contributed by atoms with Crippen LogP contribution >= 0.6 is 23.1 Å². The van der Waals surface area contributed by atoms with E-state index in [1.807, 2.05) is 53.9 Å². The zero-order valence-electron chi connectivity index (χ0n) is 16.3. The van der Waals surface area contributed by atoms with Gasteiger partial charge in [0.15, 0.2) is 5.16 Å². The van der Waals surface area contributed by atoms with Crippen LogP contribution in [0.5, 0.6) is 5.75 Å². The first-order valence-corrected chi connectivity index (χ1v) is 11.1. The van der Waals surface area contributed by atoms with Crippen molar-refractivity contribution in [3.63, 3.8) is 0 Å². The fraction of sp³-hybridized carbons (Fsp3) is 0.0952. The first-order valence-electron chi connectivity index (χ1n) is 9.24. The molecule has 0 saturated carbocycles. The lowest BCUT2D eigenvalue weighted by Crippen LogP contribution is -2.20. The summed E-state index contributed by atoms with van der Waals surface area (Å²) >= 11 is 2.73. The van der Waals surface area contributed by atoms with Crippen LogP contribution in [-0.4, -0.2) is 31.8 Å². The van der Waals surface area contributed by atoms with E-state index in [4.69, 9.17) is 14.2 Å². The molecule has 0 aliphatic carbocycles. The smallest absolute Gasteiger partial charge is 0.276 e. The van der Waals surface area contributed by atoms with Gasteiger partial charge in [-0.3, -0.25) is 14.3 Å². The average molecular weight is 450 g/mol. The Labute approximate surface area is 184 Å². The van der Waals surface area contributed by atoms with E-state index in [9.17, 15) is 4.79 Å². The van der Waals surface area contributed by atoms with Gasteiger partial charge in [0.05, 0.1) is 24.1 Å². The Morgan fingerprint density at radius 2 is 2.00 bits per heavy atom. The Hall–Kier alpha value is -3.50. The van der Waals surface area contributed by atoms with Crippen LogP contribution in [0, 0.1) is 0 Å². The van der Waals surface area contributed by atoms with Crippen LogP contribution < -0.4 is 10.3 Å². The van der Waals surface area contributed by atoms with E-state index in [0.29, 0.717) is 50.0 Å². The van der Waals surface area contributed by atoms with Crippen LogP contribution in [0.25, 0.3) is 27.4 Å². The second kappa shape index (κ2) is 8.32. The molecule has 0 fully saturated rings. The Balaban J connectivity index is 1.49. The molecule has 1 aromatic carbocycles. The standard InChI is InChI=1S/C21H15N5O3S2/c1-28-14-7-5-13(6-8-14)26-20(27)18-15(9-11-30-18)23-21(26)31-12-17-24-19(25-29-17)16-4-2-3-10-22-16/h2-11H,12H2,1H3. The first-order chi connectivity index (χ1) is 15.2. The summed E-state index contributed by atoms with van der Waals surface area (Å²) in [5, 5.41) is 6.40. The minimum Gasteiger partial charge on any atom is -0.497 e. The monoisotopic (exact) mass is 449 g/mol. The number of fused-ring (bicyclic) bond motifs is 1. The van der Waals surface area contributed by atoms with Gasteiger partial charge in [0, 0.05) is 6.20 Å². The van der Waals surface area contributed by atoms with Gasteiger partial charge < -0.3 is 9.26 Å². The highest BCUT2D eigenvalue weighted by molar-refractivity contribution is 7.98. The zero-order valence-corrected chi connectivity index (χ0v) is 17.9. The molecule has 0 unspecified atom stereocenters. The fourth-order valence-corrected chi connectivity index (χ4v) is 4.60. The number of hydrogen-bond acceptors (Lipinski definition) is 9. The molecule has 10 heteroatoms. The van der Waals surface area contributed by atoms with Crippen LogP contribution in [0.3, 0.4) is 0 Å². The van der Waals surface area contributed by atoms with Gasteiger partial charge >= 0.3 is 0 Å². The number of aromatic nitrogens is 5. The van der Waals surface area contributed by atoms with Crippen molar-refractivity contribution >= 4 is 33.3 Å². The molecule has 0 saturated heterocycles. The van der Waals surface area contributed by atoms with E-state index < -0.39 is 0 Å². The molecular weight excluding hydrogens is 434 g/mol. The van der Waals surface area contributed by atoms with Crippen molar-refractivity contribution in [1.82, 2.24) is 24.7 Å². The Morgan fingerprint density at radius 1 is 1.13 bits per heavy atom. The Morgan fingerprint density at radius 3 is 2.77 bits per heavy atom. The first kappa shape index (κ1) is 19.5. The maximum atomic E-state index is 13.2. The second-order valence-corrected chi connectivity index (χ2v) is 8.24. The Kier molecular flexibility index (Phi) is 5.23. The minimum atomic E-state index is -0.118. The average Bonchev–Trinajstić information content (AvgIpc) is 3.48. The van der Waals surface area contributed by atoms with Gasteiger partial charge in [0.25, 0.3) is 5.56 Å². The SMILES string of the molecule is COc1ccc(-n2c(SCc3nc(-c4ccccn4)no3)nc3ccsc3c2=O)cc1. The number of hydrogen-bond donors (Lipinski definition) is 0. The third-order valence-corrected chi connectivity index (χ3v) is 6.28. The van der Waals surface area contributed by atoms with E-state index in [2.05, 4.69) is 15.1 Å². The highest BCUT2D eigenvalue weighted by atomic mass is 32.2. The highest BCUT2D eigenvalue weighted by Gasteiger charge is 2.17. The molecule has 4 heterocycles. The molecule has 8 nitrogen and oxygen atoms in total. The van der Waals surface area contributed by atoms with Crippen molar-refractivity contribution in [3.8, 4) is 23.0 Å². The predicted octanol–water partition coefficient (Wildman–Crippen LogP) is 4.19. The number of rotatable bonds is 6. The number of nitrogens with zero attached hydrogens (tertiary/aromatic N) is 5. The van der Waals surface area contributed by atoms with Gasteiger partial charge in [-0.05, 0) is 47.8 Å². The zero-order chi connectivity index (χ0) is 21.2. The maximum Gasteiger partial charge on any atom is 0.276 e. The van der Waals surface area contributed by atoms with Crippen molar-refractivity contribution < 1.29 is 9.26 Å². The molecular formula is C21H15N5O3S2. The van der Waals surface area contributed by atoms with E-state index >= 15 is 0 Å². The van der Waals surface area contributed by atoms with Gasteiger partial charge in [-0.25, -0.2) is 4.98 Å². The highest BCUT2D eigenvalue weighted by Crippen LogP contribution is 2.27. The van der Waals surface area contributed by atoms with Crippen LogP contribution in [-0.2, 0) is 5.75 Å². The van der Waals surface area contributed by atoms with E-state index in [1.54, 1.807) is 17.9 Å². The van der Waals surface area contributed by atoms with Crippen molar-refractivity contribution in [2.45, 2.75) is 10.9 Å². The largest absolute Gasteiger partial charge is 0.497 e. The van der Waals surface area contributed by atoms with E-state index in [0.717, 1.165) is 0 Å². The molecule has 0 bridgehead atoms. The second-order valence-electron chi connectivity index (χ2n) is 6.38. The molecule has 0 aliphatic heterocycles. The molecule has 5 rings (SSSR count). The van der Waals surface area contributed by atoms with Gasteiger partial charge in [0.2, 0.25) is 11.7 Å². The van der Waals surface area contributed by atoms with Gasteiger partial charge in [-0.1, -0.05) is 23.0 Å². The lowest BCUT2D eigenvalue weighted by Gasteiger charge is -2.12. The number of ether oxygens (including phenoxy) is 1. The number of thiophene rings is 1. The van der Waals surface area contributed by atoms with Crippen LogP contribution in [0.4, 0.5) is 0 Å². The number of methoxy groups -OCH3 is 1. The van der Waals surface area contributed by atoms with Gasteiger partial charge in [0.1, 0.15) is 16.1 Å². The minimum absolute atomic E-state index is 0.118. The lowest BCUT2D eigenvalue weighted by molar-refractivity contribution is 0.391. The summed E-state index contributed by atoms with van der Waals surface area (Å²) in [6.45, 7) is 0. The third kappa shape index (κ3) is 3.82. The van der Waals surface area contributed by atoms with E-state index in [1.165, 1.54) is 23.1 Å². The maximum absolute atomic E-state index is 13.2.